The number of aromatic nitrogens is 1. The summed E-state index contributed by atoms with van der Waals surface area (Å²) in [5.74, 6) is -1.93. The molecule has 1 aromatic heterocycles. The zero-order valence-electron chi connectivity index (χ0n) is 26.0. The molecular formula is C35H34N2O11. The van der Waals surface area contributed by atoms with Gasteiger partial charge in [0.05, 0.1) is 5.41 Å². The molecule has 2 heterocycles. The quantitative estimate of drug-likeness (QED) is 0.162. The molecule has 1 amide bonds. The number of aliphatic hydroxyl groups excluding tert-OH is 3. The molecule has 13 heteroatoms. The molecule has 6 atom stereocenters. The molecule has 1 saturated carbocycles. The van der Waals surface area contributed by atoms with Crippen LogP contribution < -0.4 is 5.32 Å². The van der Waals surface area contributed by atoms with Crippen LogP contribution in [0.3, 0.4) is 0 Å². The second kappa shape index (κ2) is 13.2. The Bertz CT molecular complexity index is 1790. The van der Waals surface area contributed by atoms with Gasteiger partial charge in [0.2, 0.25) is 6.29 Å². The fourth-order valence-corrected chi connectivity index (χ4v) is 5.70. The number of aliphatic hydroxyl groups is 3. The van der Waals surface area contributed by atoms with E-state index in [1.54, 1.807) is 26.0 Å². The minimum atomic E-state index is -1.89. The number of esters is 1. The molecule has 1 aliphatic heterocycles. The molecule has 2 fully saturated rings. The van der Waals surface area contributed by atoms with E-state index in [0.29, 0.717) is 41.1 Å². The minimum Gasteiger partial charge on any atom is -0.479 e. The van der Waals surface area contributed by atoms with Gasteiger partial charge in [0.1, 0.15) is 35.8 Å². The maximum absolute atomic E-state index is 13.2. The van der Waals surface area contributed by atoms with E-state index in [1.807, 2.05) is 66.7 Å². The first-order valence-corrected chi connectivity index (χ1v) is 15.3. The minimum absolute atomic E-state index is 0.372. The van der Waals surface area contributed by atoms with Crippen LogP contribution in [0.4, 0.5) is 10.5 Å². The van der Waals surface area contributed by atoms with E-state index < -0.39 is 60.3 Å². The smallest absolute Gasteiger partial charge is 0.412 e. The molecule has 2 aliphatic rings. The molecule has 0 spiro atoms. The predicted molar refractivity (Wildman–Crippen MR) is 168 cm³/mol. The van der Waals surface area contributed by atoms with Crippen LogP contribution in [0.5, 0.6) is 0 Å². The summed E-state index contributed by atoms with van der Waals surface area (Å²) in [5, 5.41) is 46.2. The average Bonchev–Trinajstić information content (AvgIpc) is 3.83. The van der Waals surface area contributed by atoms with Crippen molar-refractivity contribution < 1.29 is 53.5 Å². The lowest BCUT2D eigenvalue weighted by atomic mass is 9.93. The molecular weight excluding hydrogens is 624 g/mol. The van der Waals surface area contributed by atoms with Gasteiger partial charge in [0.25, 0.3) is 0 Å². The number of aryl methyl sites for hydroxylation is 1. The summed E-state index contributed by atoms with van der Waals surface area (Å²) in [5.41, 5.74) is 3.79. The standard InChI is InChI=1S/C35H34N2O11/c1-18-25(36-34(44)45-19(2)20-6-4-3-5-7-20)29(48-37-18)23-10-8-21(9-11-23)22-12-14-24(15-13-22)35(16-17-35)33(43)47-32-28(40)26(38)27(39)30(46-32)31(41)42/h3-15,19,26-28,30,32,38-40H,16-17H2,1-2H3,(H,36,44)(H,41,42)/t19-,26?,27?,28?,30?,32?/m1/s1. The molecule has 4 aromatic rings. The summed E-state index contributed by atoms with van der Waals surface area (Å²) in [6.45, 7) is 3.50. The number of hydrogen-bond donors (Lipinski definition) is 5. The third-order valence-electron chi connectivity index (χ3n) is 8.74. The SMILES string of the molecule is Cc1noc(-c2ccc(-c3ccc(C4(C(=O)OC5OC(C(=O)O)C(O)C(O)C5O)CC4)cc3)cc2)c1NC(=O)O[C@H](C)c1ccccc1. The molecule has 0 bridgehead atoms. The Kier molecular flexibility index (Phi) is 9.03. The summed E-state index contributed by atoms with van der Waals surface area (Å²) < 4.78 is 21.5. The molecule has 6 rings (SSSR count). The van der Waals surface area contributed by atoms with Crippen molar-refractivity contribution in [3.63, 3.8) is 0 Å². The number of carbonyl (C=O) groups is 3. The third-order valence-corrected chi connectivity index (χ3v) is 8.74. The van der Waals surface area contributed by atoms with Gasteiger partial charge >= 0.3 is 18.0 Å². The van der Waals surface area contributed by atoms with Crippen molar-refractivity contribution in [1.82, 2.24) is 5.16 Å². The number of anilines is 1. The molecule has 1 aliphatic carbocycles. The maximum atomic E-state index is 13.2. The number of carboxylic acid groups (broad SMARTS) is 1. The number of carbonyl (C=O) groups excluding carboxylic acids is 2. The number of benzene rings is 3. The highest BCUT2D eigenvalue weighted by atomic mass is 16.7. The van der Waals surface area contributed by atoms with Crippen molar-refractivity contribution in [2.75, 3.05) is 5.32 Å². The maximum Gasteiger partial charge on any atom is 0.412 e. The number of rotatable bonds is 9. The molecule has 5 N–H and O–H groups in total. The van der Waals surface area contributed by atoms with Crippen LogP contribution in [0.1, 0.15) is 42.7 Å². The topological polar surface area (TPSA) is 198 Å². The first-order valence-electron chi connectivity index (χ1n) is 15.3. The predicted octanol–water partition coefficient (Wildman–Crippen LogP) is 4.09. The van der Waals surface area contributed by atoms with Gasteiger partial charge in [-0.2, -0.15) is 0 Å². The van der Waals surface area contributed by atoms with E-state index >= 15 is 0 Å². The van der Waals surface area contributed by atoms with Crippen molar-refractivity contribution >= 4 is 23.7 Å². The van der Waals surface area contributed by atoms with Crippen molar-refractivity contribution in [3.05, 3.63) is 95.7 Å². The molecule has 13 nitrogen and oxygen atoms in total. The van der Waals surface area contributed by atoms with Crippen LogP contribution in [0, 0.1) is 6.92 Å². The first kappa shape index (κ1) is 32.8. The number of ether oxygens (including phenoxy) is 3. The van der Waals surface area contributed by atoms with Gasteiger partial charge in [0, 0.05) is 5.56 Å². The molecule has 250 valence electrons. The van der Waals surface area contributed by atoms with Crippen LogP contribution in [0.2, 0.25) is 0 Å². The lowest BCUT2D eigenvalue weighted by molar-refractivity contribution is -0.287. The van der Waals surface area contributed by atoms with Gasteiger partial charge in [-0.3, -0.25) is 10.1 Å². The summed E-state index contributed by atoms with van der Waals surface area (Å²) >= 11 is 0. The van der Waals surface area contributed by atoms with E-state index in [-0.39, 0.29) is 0 Å². The lowest BCUT2D eigenvalue weighted by Gasteiger charge is -2.38. The Morgan fingerprint density at radius 1 is 0.875 bits per heavy atom. The number of amides is 1. The van der Waals surface area contributed by atoms with E-state index in [0.717, 1.165) is 16.7 Å². The Morgan fingerprint density at radius 3 is 2.08 bits per heavy atom. The summed E-state index contributed by atoms with van der Waals surface area (Å²) in [6, 6.07) is 24.1. The van der Waals surface area contributed by atoms with Crippen molar-refractivity contribution in [2.45, 2.75) is 68.9 Å². The highest BCUT2D eigenvalue weighted by Gasteiger charge is 2.56. The Balaban J connectivity index is 1.11. The summed E-state index contributed by atoms with van der Waals surface area (Å²) in [4.78, 5) is 37.3. The van der Waals surface area contributed by atoms with Gasteiger partial charge < -0.3 is 39.2 Å². The van der Waals surface area contributed by atoms with Gasteiger partial charge in [0.15, 0.2) is 11.9 Å². The summed E-state index contributed by atoms with van der Waals surface area (Å²) in [7, 11) is 0. The zero-order chi connectivity index (χ0) is 34.2. The largest absolute Gasteiger partial charge is 0.479 e. The molecule has 1 saturated heterocycles. The Morgan fingerprint density at radius 2 is 1.48 bits per heavy atom. The highest BCUT2D eigenvalue weighted by molar-refractivity contribution is 5.91. The van der Waals surface area contributed by atoms with Crippen molar-refractivity contribution in [2.24, 2.45) is 0 Å². The van der Waals surface area contributed by atoms with E-state index in [4.69, 9.17) is 18.7 Å². The second-order valence-corrected chi connectivity index (χ2v) is 11.9. The number of nitrogens with one attached hydrogen (secondary N) is 1. The fraction of sp³-hybridized carbons (Fsp3) is 0.314. The molecule has 0 radical (unpaired) electrons. The second-order valence-electron chi connectivity index (χ2n) is 11.9. The summed E-state index contributed by atoms with van der Waals surface area (Å²) in [6.07, 6.45) is -9.41. The van der Waals surface area contributed by atoms with Gasteiger partial charge in [-0.05, 0) is 48.9 Å². The Labute approximate surface area is 274 Å². The molecule has 48 heavy (non-hydrogen) atoms. The van der Waals surface area contributed by atoms with Gasteiger partial charge in [-0.15, -0.1) is 0 Å². The van der Waals surface area contributed by atoms with Crippen LogP contribution >= 0.6 is 0 Å². The number of nitrogens with zero attached hydrogens (tertiary/aromatic N) is 1. The Hall–Kier alpha value is -5.08. The number of aliphatic carboxylic acids is 1. The average molecular weight is 659 g/mol. The van der Waals surface area contributed by atoms with E-state index in [9.17, 15) is 34.8 Å². The van der Waals surface area contributed by atoms with Crippen molar-refractivity contribution in [3.8, 4) is 22.5 Å². The molecule has 5 unspecified atom stereocenters. The van der Waals surface area contributed by atoms with Crippen LogP contribution in [0.25, 0.3) is 22.5 Å². The third kappa shape index (κ3) is 6.40. The van der Waals surface area contributed by atoms with E-state index in [1.165, 1.54) is 0 Å². The zero-order valence-corrected chi connectivity index (χ0v) is 26.0. The first-order chi connectivity index (χ1) is 23.0. The van der Waals surface area contributed by atoms with Crippen molar-refractivity contribution in [1.29, 1.82) is 0 Å². The highest BCUT2D eigenvalue weighted by Crippen LogP contribution is 2.50. The molecule has 3 aromatic carbocycles. The fourth-order valence-electron chi connectivity index (χ4n) is 5.70. The van der Waals surface area contributed by atoms with Crippen LogP contribution in [-0.4, -0.2) is 74.3 Å². The number of carboxylic acids is 1. The monoisotopic (exact) mass is 658 g/mol. The number of hydrogen-bond acceptors (Lipinski definition) is 11. The van der Waals surface area contributed by atoms with Gasteiger partial charge in [-0.25, -0.2) is 9.59 Å². The van der Waals surface area contributed by atoms with Gasteiger partial charge in [-0.1, -0.05) is 84.0 Å². The lowest BCUT2D eigenvalue weighted by Crippen LogP contribution is -2.60. The van der Waals surface area contributed by atoms with E-state index in [2.05, 4.69) is 10.5 Å². The van der Waals surface area contributed by atoms with Crippen LogP contribution in [-0.2, 0) is 29.2 Å². The van der Waals surface area contributed by atoms with Crippen LogP contribution in [0.15, 0.2) is 83.4 Å². The normalized spacial score (nSPS) is 23.5.